The number of fused-ring (bicyclic) bond motifs is 1. The number of nitrogens with zero attached hydrogens (tertiary/aromatic N) is 4. The van der Waals surface area contributed by atoms with Crippen LogP contribution >= 0.6 is 23.1 Å². The van der Waals surface area contributed by atoms with Gasteiger partial charge in [-0.2, -0.15) is 5.10 Å². The molecule has 1 N–H and O–H groups in total. The van der Waals surface area contributed by atoms with Crippen LogP contribution in [0.15, 0.2) is 9.95 Å². The van der Waals surface area contributed by atoms with Crippen LogP contribution in [0.25, 0.3) is 10.2 Å². The second kappa shape index (κ2) is 8.34. The lowest BCUT2D eigenvalue weighted by Gasteiger charge is -2.15. The number of aryl methyl sites for hydroxylation is 3. The minimum absolute atomic E-state index is 0.0519. The van der Waals surface area contributed by atoms with E-state index in [4.69, 9.17) is 9.72 Å². The van der Waals surface area contributed by atoms with Crippen molar-refractivity contribution < 1.29 is 4.74 Å². The Balaban J connectivity index is 1.72. The van der Waals surface area contributed by atoms with Crippen LogP contribution < -0.4 is 5.56 Å². The van der Waals surface area contributed by atoms with Gasteiger partial charge in [-0.1, -0.05) is 25.6 Å². The first-order valence-electron chi connectivity index (χ1n) is 9.78. The Morgan fingerprint density at radius 2 is 2.18 bits per heavy atom. The third kappa shape index (κ3) is 3.75. The van der Waals surface area contributed by atoms with Crippen molar-refractivity contribution in [3.05, 3.63) is 32.4 Å². The first kappa shape index (κ1) is 19.6. The van der Waals surface area contributed by atoms with Crippen LogP contribution in [0.4, 0.5) is 0 Å². The molecular formula is C19H25N5O2S2. The SMILES string of the molecule is CCc1n[nH]c(CSc2nc3sc(C)c(CC)c3c(=O)n2C[C@@H]2CCCO2)n1. The highest BCUT2D eigenvalue weighted by Crippen LogP contribution is 2.30. The van der Waals surface area contributed by atoms with Gasteiger partial charge >= 0.3 is 0 Å². The molecule has 28 heavy (non-hydrogen) atoms. The maximum Gasteiger partial charge on any atom is 0.263 e. The summed E-state index contributed by atoms with van der Waals surface area (Å²) in [5, 5.41) is 8.67. The zero-order valence-corrected chi connectivity index (χ0v) is 18.1. The number of H-pyrrole nitrogens is 1. The standard InChI is InChI=1S/C19H25N5O2S2/c1-4-13-11(3)28-17-16(13)18(25)24(9-12-7-6-8-26-12)19(21-17)27-10-15-20-14(5-2)22-23-15/h12H,4-10H2,1-3H3,(H,20,22,23)/t12-/m0/s1. The Labute approximate surface area is 171 Å². The molecule has 0 bridgehead atoms. The molecule has 1 saturated heterocycles. The molecule has 0 spiro atoms. The normalized spacial score (nSPS) is 17.0. The molecule has 0 amide bonds. The minimum Gasteiger partial charge on any atom is -0.376 e. The van der Waals surface area contributed by atoms with Crippen LogP contribution in [0, 0.1) is 6.92 Å². The summed E-state index contributed by atoms with van der Waals surface area (Å²) in [5.74, 6) is 2.20. The minimum atomic E-state index is 0.0519. The van der Waals surface area contributed by atoms with Crippen LogP contribution in [0.5, 0.6) is 0 Å². The summed E-state index contributed by atoms with van der Waals surface area (Å²) in [4.78, 5) is 24.8. The van der Waals surface area contributed by atoms with Gasteiger partial charge in [-0.25, -0.2) is 9.97 Å². The van der Waals surface area contributed by atoms with E-state index in [9.17, 15) is 4.79 Å². The monoisotopic (exact) mass is 419 g/mol. The lowest BCUT2D eigenvalue weighted by molar-refractivity contribution is 0.0937. The average molecular weight is 420 g/mol. The highest BCUT2D eigenvalue weighted by molar-refractivity contribution is 7.98. The number of thioether (sulfide) groups is 1. The number of thiophene rings is 1. The van der Waals surface area contributed by atoms with Gasteiger partial charge in [-0.15, -0.1) is 11.3 Å². The maximum absolute atomic E-state index is 13.4. The van der Waals surface area contributed by atoms with Gasteiger partial charge in [0.25, 0.3) is 5.56 Å². The predicted molar refractivity (Wildman–Crippen MR) is 112 cm³/mol. The Kier molecular flexibility index (Phi) is 5.84. The molecule has 1 atom stereocenters. The van der Waals surface area contributed by atoms with Crippen molar-refractivity contribution >= 4 is 33.3 Å². The van der Waals surface area contributed by atoms with Gasteiger partial charge in [0.05, 0.1) is 23.8 Å². The first-order chi connectivity index (χ1) is 13.6. The summed E-state index contributed by atoms with van der Waals surface area (Å²) < 4.78 is 7.61. The Hall–Kier alpha value is -1.71. The second-order valence-electron chi connectivity index (χ2n) is 6.96. The summed E-state index contributed by atoms with van der Waals surface area (Å²) in [7, 11) is 0. The zero-order chi connectivity index (χ0) is 19.7. The smallest absolute Gasteiger partial charge is 0.263 e. The molecule has 0 radical (unpaired) electrons. The van der Waals surface area contributed by atoms with Gasteiger partial charge in [0.15, 0.2) is 5.16 Å². The summed E-state index contributed by atoms with van der Waals surface area (Å²) >= 11 is 3.14. The van der Waals surface area contributed by atoms with E-state index in [0.717, 1.165) is 64.9 Å². The molecule has 150 valence electrons. The molecule has 3 aromatic rings. The summed E-state index contributed by atoms with van der Waals surface area (Å²) in [5.41, 5.74) is 1.17. The number of hydrogen-bond donors (Lipinski definition) is 1. The van der Waals surface area contributed by atoms with Gasteiger partial charge < -0.3 is 4.74 Å². The molecule has 4 rings (SSSR count). The second-order valence-corrected chi connectivity index (χ2v) is 9.10. The van der Waals surface area contributed by atoms with E-state index in [-0.39, 0.29) is 11.7 Å². The van der Waals surface area contributed by atoms with E-state index in [1.807, 2.05) is 11.5 Å². The number of aromatic nitrogens is 5. The van der Waals surface area contributed by atoms with Crippen molar-refractivity contribution in [3.63, 3.8) is 0 Å². The van der Waals surface area contributed by atoms with Gasteiger partial charge in [0, 0.05) is 17.9 Å². The largest absolute Gasteiger partial charge is 0.376 e. The first-order valence-corrected chi connectivity index (χ1v) is 11.6. The molecule has 3 aromatic heterocycles. The molecule has 1 aliphatic rings. The molecule has 0 saturated carbocycles. The third-order valence-electron chi connectivity index (χ3n) is 5.07. The topological polar surface area (TPSA) is 85.7 Å². The van der Waals surface area contributed by atoms with E-state index in [1.165, 1.54) is 16.6 Å². The molecule has 1 fully saturated rings. The fourth-order valence-electron chi connectivity index (χ4n) is 3.61. The molecular weight excluding hydrogens is 394 g/mol. The zero-order valence-electron chi connectivity index (χ0n) is 16.4. The number of ether oxygens (including phenoxy) is 1. The third-order valence-corrected chi connectivity index (χ3v) is 7.10. The quantitative estimate of drug-likeness (QED) is 0.466. The number of aromatic amines is 1. The van der Waals surface area contributed by atoms with Crippen LogP contribution in [0.3, 0.4) is 0 Å². The van der Waals surface area contributed by atoms with Crippen LogP contribution in [0.1, 0.15) is 48.8 Å². The van der Waals surface area contributed by atoms with Gasteiger partial charge in [-0.3, -0.25) is 14.5 Å². The molecule has 4 heterocycles. The van der Waals surface area contributed by atoms with Crippen LogP contribution in [0.2, 0.25) is 0 Å². The lowest BCUT2D eigenvalue weighted by Crippen LogP contribution is -2.29. The van der Waals surface area contributed by atoms with Crippen molar-refractivity contribution in [2.24, 2.45) is 0 Å². The number of hydrogen-bond acceptors (Lipinski definition) is 7. The number of rotatable bonds is 7. The van der Waals surface area contributed by atoms with Gasteiger partial charge in [0.2, 0.25) is 0 Å². The van der Waals surface area contributed by atoms with E-state index in [2.05, 4.69) is 29.0 Å². The van der Waals surface area contributed by atoms with Crippen molar-refractivity contribution in [1.82, 2.24) is 24.7 Å². The Morgan fingerprint density at radius 3 is 2.86 bits per heavy atom. The molecule has 7 nitrogen and oxygen atoms in total. The Bertz CT molecular complexity index is 1030. The van der Waals surface area contributed by atoms with E-state index in [0.29, 0.717) is 12.3 Å². The van der Waals surface area contributed by atoms with Crippen LogP contribution in [-0.4, -0.2) is 37.4 Å². The molecule has 0 aromatic carbocycles. The molecule has 9 heteroatoms. The predicted octanol–water partition coefficient (Wildman–Crippen LogP) is 3.48. The van der Waals surface area contributed by atoms with Crippen molar-refractivity contribution in [1.29, 1.82) is 0 Å². The van der Waals surface area contributed by atoms with Crippen molar-refractivity contribution in [2.45, 2.75) is 70.0 Å². The van der Waals surface area contributed by atoms with Crippen LogP contribution in [-0.2, 0) is 29.9 Å². The van der Waals surface area contributed by atoms with Gasteiger partial charge in [0.1, 0.15) is 16.5 Å². The Morgan fingerprint density at radius 1 is 1.32 bits per heavy atom. The highest BCUT2D eigenvalue weighted by atomic mass is 32.2. The van der Waals surface area contributed by atoms with E-state index in [1.54, 1.807) is 11.3 Å². The fourth-order valence-corrected chi connectivity index (χ4v) is 5.64. The van der Waals surface area contributed by atoms with E-state index >= 15 is 0 Å². The fraction of sp³-hybridized carbons (Fsp3) is 0.579. The molecule has 1 aliphatic heterocycles. The average Bonchev–Trinajstić information content (AvgIpc) is 3.42. The van der Waals surface area contributed by atoms with E-state index < -0.39 is 0 Å². The highest BCUT2D eigenvalue weighted by Gasteiger charge is 2.23. The lowest BCUT2D eigenvalue weighted by atomic mass is 10.1. The summed E-state index contributed by atoms with van der Waals surface area (Å²) in [6, 6.07) is 0. The van der Waals surface area contributed by atoms with Crippen molar-refractivity contribution in [2.75, 3.05) is 6.61 Å². The van der Waals surface area contributed by atoms with Gasteiger partial charge in [-0.05, 0) is 31.7 Å². The maximum atomic E-state index is 13.4. The summed E-state index contributed by atoms with van der Waals surface area (Å²) in [6.45, 7) is 7.52. The molecule has 0 unspecified atom stereocenters. The molecule has 0 aliphatic carbocycles. The van der Waals surface area contributed by atoms with Crippen molar-refractivity contribution in [3.8, 4) is 0 Å². The number of nitrogens with one attached hydrogen (secondary N) is 1. The summed E-state index contributed by atoms with van der Waals surface area (Å²) in [6.07, 6.45) is 3.75.